The van der Waals surface area contributed by atoms with Gasteiger partial charge in [-0.2, -0.15) is 5.10 Å². The number of methoxy groups -OCH3 is 1. The Morgan fingerprint density at radius 3 is 2.72 bits per heavy atom. The number of benzene rings is 2. The predicted octanol–water partition coefficient (Wildman–Crippen LogP) is 3.03. The van der Waals surface area contributed by atoms with E-state index in [0.29, 0.717) is 27.5 Å². The lowest BCUT2D eigenvalue weighted by Gasteiger charge is -2.13. The zero-order valence-electron chi connectivity index (χ0n) is 17.1. The fourth-order valence-corrected chi connectivity index (χ4v) is 3.77. The smallest absolute Gasteiger partial charge is 0.266 e. The number of amides is 1. The van der Waals surface area contributed by atoms with E-state index in [2.05, 4.69) is 20.5 Å². The molecule has 0 atom stereocenters. The van der Waals surface area contributed by atoms with Crippen LogP contribution in [0.15, 0.2) is 88.1 Å². The molecule has 4 rings (SSSR count). The van der Waals surface area contributed by atoms with Gasteiger partial charge in [0.05, 0.1) is 35.7 Å². The van der Waals surface area contributed by atoms with Crippen molar-refractivity contribution in [2.45, 2.75) is 5.16 Å². The second kappa shape index (κ2) is 9.88. The second-order valence-electron chi connectivity index (χ2n) is 6.62. The summed E-state index contributed by atoms with van der Waals surface area (Å²) in [6.45, 7) is 0. The van der Waals surface area contributed by atoms with Gasteiger partial charge in [-0.05, 0) is 42.5 Å². The van der Waals surface area contributed by atoms with Crippen LogP contribution >= 0.6 is 11.8 Å². The van der Waals surface area contributed by atoms with Crippen molar-refractivity contribution in [1.29, 1.82) is 0 Å². The average molecular weight is 446 g/mol. The van der Waals surface area contributed by atoms with Gasteiger partial charge in [-0.3, -0.25) is 19.1 Å². The molecule has 0 bridgehead atoms. The van der Waals surface area contributed by atoms with E-state index < -0.39 is 0 Å². The maximum atomic E-state index is 13.2. The third-order valence-electron chi connectivity index (χ3n) is 4.50. The summed E-state index contributed by atoms with van der Waals surface area (Å²) in [6, 6.07) is 17.8. The predicted molar refractivity (Wildman–Crippen MR) is 125 cm³/mol. The molecule has 9 heteroatoms. The van der Waals surface area contributed by atoms with Crippen LogP contribution in [0.2, 0.25) is 0 Å². The van der Waals surface area contributed by atoms with Crippen LogP contribution in [0.4, 0.5) is 0 Å². The first-order valence-corrected chi connectivity index (χ1v) is 10.7. The zero-order valence-corrected chi connectivity index (χ0v) is 18.0. The number of thioether (sulfide) groups is 1. The number of para-hydroxylation sites is 1. The number of nitrogens with zero attached hydrogens (tertiary/aromatic N) is 4. The van der Waals surface area contributed by atoms with Crippen molar-refractivity contribution in [1.82, 2.24) is 20.0 Å². The minimum atomic E-state index is -0.321. The number of ether oxygens (including phenoxy) is 1. The number of pyridine rings is 1. The van der Waals surface area contributed by atoms with Gasteiger partial charge >= 0.3 is 0 Å². The first-order valence-electron chi connectivity index (χ1n) is 9.66. The van der Waals surface area contributed by atoms with E-state index in [-0.39, 0.29) is 17.2 Å². The normalized spacial score (nSPS) is 11.0. The number of fused-ring (bicyclic) bond motifs is 1. The highest BCUT2D eigenvalue weighted by atomic mass is 32.2. The molecule has 0 aliphatic heterocycles. The molecule has 8 nitrogen and oxygen atoms in total. The monoisotopic (exact) mass is 445 g/mol. The highest BCUT2D eigenvalue weighted by Gasteiger charge is 2.14. The van der Waals surface area contributed by atoms with Crippen molar-refractivity contribution in [3.05, 3.63) is 89.0 Å². The highest BCUT2D eigenvalue weighted by molar-refractivity contribution is 7.99. The summed E-state index contributed by atoms with van der Waals surface area (Å²) in [7, 11) is 1.58. The van der Waals surface area contributed by atoms with Gasteiger partial charge in [0.15, 0.2) is 5.16 Å². The Hall–Kier alpha value is -3.98. The van der Waals surface area contributed by atoms with E-state index in [1.807, 2.05) is 12.1 Å². The molecule has 0 saturated heterocycles. The average Bonchev–Trinajstić information content (AvgIpc) is 2.84. The van der Waals surface area contributed by atoms with Gasteiger partial charge in [-0.15, -0.1) is 0 Å². The fraction of sp³-hybridized carbons (Fsp3) is 0.0870. The summed E-state index contributed by atoms with van der Waals surface area (Å²) < 4.78 is 6.70. The summed E-state index contributed by atoms with van der Waals surface area (Å²) in [4.78, 5) is 34.1. The Morgan fingerprint density at radius 1 is 1.16 bits per heavy atom. The van der Waals surface area contributed by atoms with Crippen LogP contribution in [0.5, 0.6) is 5.75 Å². The number of hydrogen-bond donors (Lipinski definition) is 1. The third-order valence-corrected chi connectivity index (χ3v) is 5.43. The summed E-state index contributed by atoms with van der Waals surface area (Å²) in [6.07, 6.45) is 4.81. The molecule has 4 aromatic rings. The molecule has 1 N–H and O–H groups in total. The molecule has 0 unspecified atom stereocenters. The van der Waals surface area contributed by atoms with Crippen molar-refractivity contribution < 1.29 is 9.53 Å². The quantitative estimate of drug-likeness (QED) is 0.203. The standard InChI is InChI=1S/C23H19N5O3S/c1-31-18-10-8-17(9-11-18)28-22(30)19-6-2-3-7-20(19)26-23(28)32-15-21(29)27-25-14-16-5-4-12-24-13-16/h2-14H,15H2,1H3,(H,27,29). The van der Waals surface area contributed by atoms with E-state index in [0.717, 1.165) is 17.3 Å². The number of carbonyl (C=O) groups excluding carboxylic acids is 1. The van der Waals surface area contributed by atoms with Crippen LogP contribution in [-0.4, -0.2) is 39.5 Å². The molecular formula is C23H19N5O3S. The van der Waals surface area contributed by atoms with Gasteiger partial charge in [0.25, 0.3) is 11.5 Å². The van der Waals surface area contributed by atoms with E-state index in [4.69, 9.17) is 4.74 Å². The van der Waals surface area contributed by atoms with Gasteiger partial charge in [-0.1, -0.05) is 30.0 Å². The molecule has 2 aromatic carbocycles. The van der Waals surface area contributed by atoms with Crippen LogP contribution in [0.25, 0.3) is 16.6 Å². The first kappa shape index (κ1) is 21.3. The number of hydrogen-bond acceptors (Lipinski definition) is 7. The maximum Gasteiger partial charge on any atom is 0.266 e. The summed E-state index contributed by atoms with van der Waals surface area (Å²) in [5.41, 5.74) is 4.24. The Morgan fingerprint density at radius 2 is 1.97 bits per heavy atom. The minimum Gasteiger partial charge on any atom is -0.497 e. The van der Waals surface area contributed by atoms with Gasteiger partial charge in [-0.25, -0.2) is 10.4 Å². The van der Waals surface area contributed by atoms with Crippen molar-refractivity contribution in [3.8, 4) is 11.4 Å². The third kappa shape index (κ3) is 4.84. The lowest BCUT2D eigenvalue weighted by molar-refractivity contribution is -0.118. The van der Waals surface area contributed by atoms with Gasteiger partial charge in [0.2, 0.25) is 0 Å². The fourth-order valence-electron chi connectivity index (χ4n) is 2.96. The number of carbonyl (C=O) groups is 1. The van der Waals surface area contributed by atoms with Crippen molar-refractivity contribution >= 4 is 34.8 Å². The maximum absolute atomic E-state index is 13.2. The van der Waals surface area contributed by atoms with Crippen molar-refractivity contribution in [2.75, 3.05) is 12.9 Å². The zero-order chi connectivity index (χ0) is 22.3. The summed E-state index contributed by atoms with van der Waals surface area (Å²) >= 11 is 1.16. The molecule has 160 valence electrons. The SMILES string of the molecule is COc1ccc(-n2c(SCC(=O)NN=Cc3cccnc3)nc3ccccc3c2=O)cc1. The molecular weight excluding hydrogens is 426 g/mol. The van der Waals surface area contributed by atoms with Crippen LogP contribution in [0.3, 0.4) is 0 Å². The second-order valence-corrected chi connectivity index (χ2v) is 7.56. The molecule has 2 heterocycles. The Labute approximate surface area is 188 Å². The minimum absolute atomic E-state index is 0.0331. The van der Waals surface area contributed by atoms with Crippen LogP contribution in [-0.2, 0) is 4.79 Å². The van der Waals surface area contributed by atoms with Crippen LogP contribution < -0.4 is 15.7 Å². The molecule has 0 aliphatic rings. The molecule has 0 fully saturated rings. The number of hydrazone groups is 1. The van der Waals surface area contributed by atoms with E-state index in [1.165, 1.54) is 10.8 Å². The van der Waals surface area contributed by atoms with Crippen molar-refractivity contribution in [3.63, 3.8) is 0 Å². The molecule has 0 spiro atoms. The molecule has 0 radical (unpaired) electrons. The number of nitrogens with one attached hydrogen (secondary N) is 1. The largest absolute Gasteiger partial charge is 0.497 e. The number of rotatable bonds is 7. The summed E-state index contributed by atoms with van der Waals surface area (Å²) in [5, 5.41) is 4.85. The molecule has 1 amide bonds. The highest BCUT2D eigenvalue weighted by Crippen LogP contribution is 2.22. The molecule has 2 aromatic heterocycles. The Bertz CT molecular complexity index is 1320. The number of aromatic nitrogens is 3. The molecule has 0 aliphatic carbocycles. The lowest BCUT2D eigenvalue weighted by Crippen LogP contribution is -2.24. The Kier molecular flexibility index (Phi) is 6.57. The van der Waals surface area contributed by atoms with Crippen LogP contribution in [0.1, 0.15) is 5.56 Å². The van der Waals surface area contributed by atoms with Gasteiger partial charge in [0, 0.05) is 18.0 Å². The summed E-state index contributed by atoms with van der Waals surface area (Å²) in [5.74, 6) is 0.389. The lowest BCUT2D eigenvalue weighted by atomic mass is 10.2. The molecule has 32 heavy (non-hydrogen) atoms. The topological polar surface area (TPSA) is 98.5 Å². The van der Waals surface area contributed by atoms with Gasteiger partial charge < -0.3 is 4.74 Å². The van der Waals surface area contributed by atoms with E-state index in [9.17, 15) is 9.59 Å². The van der Waals surface area contributed by atoms with Crippen LogP contribution in [0, 0.1) is 0 Å². The van der Waals surface area contributed by atoms with Gasteiger partial charge in [0.1, 0.15) is 5.75 Å². The van der Waals surface area contributed by atoms with E-state index in [1.54, 1.807) is 68.0 Å². The Balaban J connectivity index is 1.58. The first-order chi connectivity index (χ1) is 15.7. The van der Waals surface area contributed by atoms with E-state index >= 15 is 0 Å². The molecule has 0 saturated carbocycles. The van der Waals surface area contributed by atoms with Crippen molar-refractivity contribution in [2.24, 2.45) is 5.10 Å².